The first-order valence-corrected chi connectivity index (χ1v) is 7.15. The lowest BCUT2D eigenvalue weighted by Crippen LogP contribution is -2.43. The summed E-state index contributed by atoms with van der Waals surface area (Å²) in [6, 6.07) is 8.23. The second-order valence-electron chi connectivity index (χ2n) is 5.95. The molecule has 0 radical (unpaired) electrons. The third-order valence-electron chi connectivity index (χ3n) is 4.26. The molecule has 19 heavy (non-hydrogen) atoms. The molecule has 0 spiro atoms. The lowest BCUT2D eigenvalue weighted by molar-refractivity contribution is -0.0782. The van der Waals surface area contributed by atoms with E-state index < -0.39 is 6.10 Å². The SMILES string of the molecule is CC(C)c1ccc(C(O)C2(CN)CCCOC2)cc1. The highest BCUT2D eigenvalue weighted by molar-refractivity contribution is 5.27. The Morgan fingerprint density at radius 2 is 1.89 bits per heavy atom. The fourth-order valence-corrected chi connectivity index (χ4v) is 2.78. The Hall–Kier alpha value is -0.900. The van der Waals surface area contributed by atoms with Gasteiger partial charge in [-0.1, -0.05) is 38.1 Å². The van der Waals surface area contributed by atoms with Gasteiger partial charge in [-0.2, -0.15) is 0 Å². The summed E-state index contributed by atoms with van der Waals surface area (Å²) >= 11 is 0. The number of hydrogen-bond donors (Lipinski definition) is 2. The molecule has 1 heterocycles. The van der Waals surface area contributed by atoms with E-state index in [2.05, 4.69) is 26.0 Å². The van der Waals surface area contributed by atoms with E-state index in [0.29, 0.717) is 19.1 Å². The largest absolute Gasteiger partial charge is 0.388 e. The summed E-state index contributed by atoms with van der Waals surface area (Å²) in [6.45, 7) is 6.13. The monoisotopic (exact) mass is 263 g/mol. The minimum Gasteiger partial charge on any atom is -0.388 e. The van der Waals surface area contributed by atoms with E-state index >= 15 is 0 Å². The molecule has 1 aliphatic rings. The molecule has 106 valence electrons. The van der Waals surface area contributed by atoms with E-state index in [9.17, 15) is 5.11 Å². The predicted molar refractivity (Wildman–Crippen MR) is 77.0 cm³/mol. The number of hydrogen-bond acceptors (Lipinski definition) is 3. The normalized spacial score (nSPS) is 25.5. The van der Waals surface area contributed by atoms with Gasteiger partial charge in [-0.3, -0.25) is 0 Å². The molecule has 3 nitrogen and oxygen atoms in total. The Balaban J connectivity index is 2.19. The van der Waals surface area contributed by atoms with Crippen molar-refractivity contribution in [1.29, 1.82) is 0 Å². The lowest BCUT2D eigenvalue weighted by atomic mass is 9.74. The van der Waals surface area contributed by atoms with Gasteiger partial charge < -0.3 is 15.6 Å². The third-order valence-corrected chi connectivity index (χ3v) is 4.26. The maximum atomic E-state index is 10.7. The highest BCUT2D eigenvalue weighted by Crippen LogP contribution is 2.40. The molecule has 0 aliphatic carbocycles. The molecule has 2 atom stereocenters. The molecule has 1 aromatic carbocycles. The zero-order chi connectivity index (χ0) is 13.9. The Bertz CT molecular complexity index is 394. The molecule has 2 unspecified atom stereocenters. The Morgan fingerprint density at radius 1 is 1.26 bits per heavy atom. The first-order chi connectivity index (χ1) is 9.09. The summed E-state index contributed by atoms with van der Waals surface area (Å²) in [7, 11) is 0. The van der Waals surface area contributed by atoms with Crippen molar-refractivity contribution in [3.05, 3.63) is 35.4 Å². The summed E-state index contributed by atoms with van der Waals surface area (Å²) < 4.78 is 5.54. The van der Waals surface area contributed by atoms with Crippen LogP contribution in [0.25, 0.3) is 0 Å². The fraction of sp³-hybridized carbons (Fsp3) is 0.625. The first kappa shape index (κ1) is 14.5. The molecule has 1 fully saturated rings. The van der Waals surface area contributed by atoms with Crippen LogP contribution in [0.1, 0.15) is 49.8 Å². The van der Waals surface area contributed by atoms with Crippen LogP contribution in [0.3, 0.4) is 0 Å². The van der Waals surface area contributed by atoms with Crippen molar-refractivity contribution in [2.24, 2.45) is 11.1 Å². The molecule has 1 aromatic rings. The zero-order valence-electron chi connectivity index (χ0n) is 11.9. The zero-order valence-corrected chi connectivity index (χ0v) is 11.9. The van der Waals surface area contributed by atoms with Gasteiger partial charge >= 0.3 is 0 Å². The van der Waals surface area contributed by atoms with Crippen molar-refractivity contribution in [2.75, 3.05) is 19.8 Å². The molecule has 0 saturated carbocycles. The van der Waals surface area contributed by atoms with E-state index in [4.69, 9.17) is 10.5 Å². The van der Waals surface area contributed by atoms with Gasteiger partial charge in [0.1, 0.15) is 0 Å². The Morgan fingerprint density at radius 3 is 2.37 bits per heavy atom. The highest BCUT2D eigenvalue weighted by atomic mass is 16.5. The van der Waals surface area contributed by atoms with Crippen LogP contribution in [0, 0.1) is 5.41 Å². The number of aliphatic hydroxyl groups is 1. The summed E-state index contributed by atoms with van der Waals surface area (Å²) in [6.07, 6.45) is 1.36. The maximum Gasteiger partial charge on any atom is 0.0880 e. The van der Waals surface area contributed by atoms with E-state index in [0.717, 1.165) is 25.0 Å². The first-order valence-electron chi connectivity index (χ1n) is 7.15. The topological polar surface area (TPSA) is 55.5 Å². The van der Waals surface area contributed by atoms with Crippen LogP contribution < -0.4 is 5.73 Å². The second kappa shape index (κ2) is 6.04. The van der Waals surface area contributed by atoms with Crippen LogP contribution >= 0.6 is 0 Å². The fourth-order valence-electron chi connectivity index (χ4n) is 2.78. The number of ether oxygens (including phenoxy) is 1. The third kappa shape index (κ3) is 2.99. The Kier molecular flexibility index (Phi) is 4.61. The van der Waals surface area contributed by atoms with E-state index in [1.807, 2.05) is 12.1 Å². The van der Waals surface area contributed by atoms with Gasteiger partial charge in [-0.25, -0.2) is 0 Å². The van der Waals surface area contributed by atoms with E-state index in [-0.39, 0.29) is 5.41 Å². The number of benzene rings is 1. The van der Waals surface area contributed by atoms with Crippen molar-refractivity contribution in [3.63, 3.8) is 0 Å². The molecule has 2 rings (SSSR count). The van der Waals surface area contributed by atoms with Gasteiger partial charge in [-0.05, 0) is 29.9 Å². The molecular weight excluding hydrogens is 238 g/mol. The molecule has 1 saturated heterocycles. The maximum absolute atomic E-state index is 10.7. The molecule has 0 bridgehead atoms. The standard InChI is InChI=1S/C16H25NO2/c1-12(2)13-4-6-14(7-5-13)15(18)16(10-17)8-3-9-19-11-16/h4-7,12,15,18H,3,8-11,17H2,1-2H3. The van der Waals surface area contributed by atoms with Gasteiger partial charge in [0, 0.05) is 18.6 Å². The van der Waals surface area contributed by atoms with Crippen molar-refractivity contribution in [3.8, 4) is 0 Å². The quantitative estimate of drug-likeness (QED) is 0.878. The van der Waals surface area contributed by atoms with Crippen molar-refractivity contribution in [2.45, 2.75) is 38.7 Å². The van der Waals surface area contributed by atoms with Gasteiger partial charge in [0.05, 0.1) is 12.7 Å². The summed E-state index contributed by atoms with van der Waals surface area (Å²) in [5.74, 6) is 0.507. The number of nitrogens with two attached hydrogens (primary N) is 1. The lowest BCUT2D eigenvalue weighted by Gasteiger charge is -2.40. The Labute approximate surface area is 115 Å². The highest BCUT2D eigenvalue weighted by Gasteiger charge is 2.39. The smallest absolute Gasteiger partial charge is 0.0880 e. The van der Waals surface area contributed by atoms with Crippen molar-refractivity contribution < 1.29 is 9.84 Å². The minimum absolute atomic E-state index is 0.322. The second-order valence-corrected chi connectivity index (χ2v) is 5.95. The van der Waals surface area contributed by atoms with Crippen LogP contribution in [0.2, 0.25) is 0 Å². The number of aliphatic hydroxyl groups excluding tert-OH is 1. The molecule has 1 aliphatic heterocycles. The molecule has 0 aromatic heterocycles. The molecule has 3 heteroatoms. The minimum atomic E-state index is -0.543. The van der Waals surface area contributed by atoms with Crippen molar-refractivity contribution >= 4 is 0 Å². The van der Waals surface area contributed by atoms with E-state index in [1.165, 1.54) is 5.56 Å². The summed E-state index contributed by atoms with van der Waals surface area (Å²) in [4.78, 5) is 0. The van der Waals surface area contributed by atoms with Crippen LogP contribution in [-0.4, -0.2) is 24.9 Å². The van der Waals surface area contributed by atoms with Gasteiger partial charge in [0.25, 0.3) is 0 Å². The molecule has 3 N–H and O–H groups in total. The number of rotatable bonds is 4. The van der Waals surface area contributed by atoms with Crippen LogP contribution in [-0.2, 0) is 4.74 Å². The van der Waals surface area contributed by atoms with E-state index in [1.54, 1.807) is 0 Å². The van der Waals surface area contributed by atoms with Gasteiger partial charge in [0.15, 0.2) is 0 Å². The predicted octanol–water partition coefficient (Wildman–Crippen LogP) is 2.60. The van der Waals surface area contributed by atoms with Crippen LogP contribution in [0.15, 0.2) is 24.3 Å². The molecular formula is C16H25NO2. The average Bonchev–Trinajstić information content (AvgIpc) is 2.47. The molecule has 0 amide bonds. The van der Waals surface area contributed by atoms with Crippen LogP contribution in [0.4, 0.5) is 0 Å². The summed E-state index contributed by atoms with van der Waals surface area (Å²) in [5, 5.41) is 10.7. The summed E-state index contributed by atoms with van der Waals surface area (Å²) in [5.41, 5.74) is 7.83. The van der Waals surface area contributed by atoms with Gasteiger partial charge in [-0.15, -0.1) is 0 Å². The van der Waals surface area contributed by atoms with Gasteiger partial charge in [0.2, 0.25) is 0 Å². The average molecular weight is 263 g/mol. The van der Waals surface area contributed by atoms with Crippen molar-refractivity contribution in [1.82, 2.24) is 0 Å². The van der Waals surface area contributed by atoms with Crippen LogP contribution in [0.5, 0.6) is 0 Å².